The van der Waals surface area contributed by atoms with Gasteiger partial charge in [0.1, 0.15) is 0 Å². The van der Waals surface area contributed by atoms with E-state index in [1.165, 1.54) is 5.57 Å². The monoisotopic (exact) mass is 391 g/mol. The van der Waals surface area contributed by atoms with Gasteiger partial charge in [-0.25, -0.2) is 9.97 Å². The summed E-state index contributed by atoms with van der Waals surface area (Å²) in [7, 11) is 0. The topological polar surface area (TPSA) is 37.8 Å². The second-order valence-corrected chi connectivity index (χ2v) is 5.82. The summed E-state index contributed by atoms with van der Waals surface area (Å²) in [6.45, 7) is 0. The number of fused-ring (bicyclic) bond motifs is 1. The van der Waals surface area contributed by atoms with Gasteiger partial charge in [0.2, 0.25) is 0 Å². The molecular formula is C15H11Br2N3. The van der Waals surface area contributed by atoms with Gasteiger partial charge in [0.05, 0.1) is 10.2 Å². The van der Waals surface area contributed by atoms with Crippen molar-refractivity contribution in [2.75, 3.05) is 5.33 Å². The molecule has 100 valence electrons. The summed E-state index contributed by atoms with van der Waals surface area (Å²) in [6.07, 6.45) is 15.9. The predicted molar refractivity (Wildman–Crippen MR) is 88.0 cm³/mol. The zero-order chi connectivity index (χ0) is 13.9. The van der Waals surface area contributed by atoms with Gasteiger partial charge in [0, 0.05) is 23.4 Å². The van der Waals surface area contributed by atoms with Gasteiger partial charge in [-0.15, -0.1) is 0 Å². The quantitative estimate of drug-likeness (QED) is 0.776. The maximum absolute atomic E-state index is 4.31. The number of nitrogens with zero attached hydrogens (tertiary/aromatic N) is 2. The Kier molecular flexibility index (Phi) is 3.98. The fourth-order valence-corrected chi connectivity index (χ4v) is 2.52. The van der Waals surface area contributed by atoms with Crippen LogP contribution in [0.25, 0.3) is 5.70 Å². The molecule has 20 heavy (non-hydrogen) atoms. The Hall–Kier alpha value is -1.46. The van der Waals surface area contributed by atoms with Crippen LogP contribution < -0.4 is 5.32 Å². The maximum atomic E-state index is 4.31. The van der Waals surface area contributed by atoms with Crippen molar-refractivity contribution in [3.63, 3.8) is 0 Å². The number of allylic oxidation sites excluding steroid dienone is 7. The Balaban J connectivity index is 1.96. The summed E-state index contributed by atoms with van der Waals surface area (Å²) in [6, 6.07) is 0. The molecule has 1 aromatic heterocycles. The Morgan fingerprint density at radius 1 is 1.05 bits per heavy atom. The molecule has 0 saturated heterocycles. The average molecular weight is 393 g/mol. The molecule has 1 aromatic rings. The van der Waals surface area contributed by atoms with Crippen molar-refractivity contribution < 1.29 is 0 Å². The maximum Gasteiger partial charge on any atom is 0.175 e. The summed E-state index contributed by atoms with van der Waals surface area (Å²) < 4.78 is 0.871. The first-order valence-electron chi connectivity index (χ1n) is 6.08. The van der Waals surface area contributed by atoms with E-state index in [2.05, 4.69) is 71.4 Å². The number of dihydropyridines is 1. The average Bonchev–Trinajstić information content (AvgIpc) is 2.69. The highest BCUT2D eigenvalue weighted by Gasteiger charge is 2.14. The third-order valence-electron chi connectivity index (χ3n) is 2.94. The van der Waals surface area contributed by atoms with Gasteiger partial charge in [-0.1, -0.05) is 34.2 Å². The fraction of sp³-hybridized carbons (Fsp3) is 0.0667. The molecule has 1 aliphatic heterocycles. The smallest absolute Gasteiger partial charge is 0.175 e. The van der Waals surface area contributed by atoms with Crippen LogP contribution in [0.4, 0.5) is 0 Å². The summed E-state index contributed by atoms with van der Waals surface area (Å²) in [5, 5.41) is 4.22. The Morgan fingerprint density at radius 2 is 1.85 bits per heavy atom. The molecule has 1 aliphatic carbocycles. The zero-order valence-corrected chi connectivity index (χ0v) is 13.6. The van der Waals surface area contributed by atoms with Crippen LogP contribution in [0, 0.1) is 0 Å². The molecule has 0 aromatic carbocycles. The third-order valence-corrected chi connectivity index (χ3v) is 4.00. The number of hydrogen-bond donors (Lipinski definition) is 1. The van der Waals surface area contributed by atoms with E-state index in [0.717, 1.165) is 26.8 Å². The van der Waals surface area contributed by atoms with Crippen molar-refractivity contribution in [3.05, 3.63) is 76.0 Å². The standard InChI is InChI=1S/C15H11Br2N3/c16-7-10-2-1-3-13-11(6-10)4-5-14(20-13)15-18-8-12(17)9-19-15/h1-6,8-9,20H,7H2. The normalized spacial score (nSPS) is 17.1. The van der Waals surface area contributed by atoms with E-state index in [1.807, 2.05) is 12.2 Å². The number of aromatic nitrogens is 2. The molecule has 0 radical (unpaired) electrons. The Morgan fingerprint density at radius 3 is 2.60 bits per heavy atom. The zero-order valence-electron chi connectivity index (χ0n) is 10.5. The highest BCUT2D eigenvalue weighted by Crippen LogP contribution is 2.24. The van der Waals surface area contributed by atoms with Crippen molar-refractivity contribution >= 4 is 37.6 Å². The van der Waals surface area contributed by atoms with Gasteiger partial charge in [-0.2, -0.15) is 0 Å². The molecule has 0 atom stereocenters. The molecule has 2 heterocycles. The van der Waals surface area contributed by atoms with Gasteiger partial charge in [0.15, 0.2) is 5.82 Å². The third kappa shape index (κ3) is 2.83. The molecule has 5 heteroatoms. The first kappa shape index (κ1) is 13.5. The lowest BCUT2D eigenvalue weighted by Gasteiger charge is -2.17. The van der Waals surface area contributed by atoms with Crippen molar-refractivity contribution in [2.45, 2.75) is 0 Å². The summed E-state index contributed by atoms with van der Waals surface area (Å²) >= 11 is 6.83. The lowest BCUT2D eigenvalue weighted by Crippen LogP contribution is -2.17. The van der Waals surface area contributed by atoms with Crippen LogP contribution in [-0.2, 0) is 0 Å². The lowest BCUT2D eigenvalue weighted by molar-refractivity contribution is 1.01. The van der Waals surface area contributed by atoms with Crippen molar-refractivity contribution in [1.82, 2.24) is 15.3 Å². The van der Waals surface area contributed by atoms with Crippen LogP contribution in [0.5, 0.6) is 0 Å². The van der Waals surface area contributed by atoms with Crippen LogP contribution in [-0.4, -0.2) is 15.3 Å². The molecule has 3 rings (SSSR count). The minimum Gasteiger partial charge on any atom is -0.352 e. The number of rotatable bonds is 2. The van der Waals surface area contributed by atoms with Gasteiger partial charge in [-0.3, -0.25) is 0 Å². The molecule has 1 N–H and O–H groups in total. The number of alkyl halides is 1. The van der Waals surface area contributed by atoms with Gasteiger partial charge >= 0.3 is 0 Å². The van der Waals surface area contributed by atoms with E-state index in [-0.39, 0.29) is 0 Å². The summed E-state index contributed by atoms with van der Waals surface area (Å²) in [5.41, 5.74) is 4.35. The van der Waals surface area contributed by atoms with E-state index in [1.54, 1.807) is 12.4 Å². The highest BCUT2D eigenvalue weighted by molar-refractivity contribution is 9.10. The van der Waals surface area contributed by atoms with Crippen molar-refractivity contribution in [2.24, 2.45) is 0 Å². The lowest BCUT2D eigenvalue weighted by atomic mass is 10.1. The number of halogens is 2. The van der Waals surface area contributed by atoms with Crippen LogP contribution in [0.15, 0.2) is 70.2 Å². The van der Waals surface area contributed by atoms with Gasteiger partial charge in [-0.05, 0) is 45.3 Å². The molecule has 0 saturated carbocycles. The summed E-state index contributed by atoms with van der Waals surface area (Å²) in [4.78, 5) is 8.62. The molecule has 0 fully saturated rings. The number of nitrogens with one attached hydrogen (secondary N) is 1. The highest BCUT2D eigenvalue weighted by atomic mass is 79.9. The second kappa shape index (κ2) is 5.89. The van der Waals surface area contributed by atoms with Crippen LogP contribution in [0.1, 0.15) is 5.82 Å². The van der Waals surface area contributed by atoms with E-state index >= 15 is 0 Å². The molecule has 0 bridgehead atoms. The molecule has 3 nitrogen and oxygen atoms in total. The second-order valence-electron chi connectivity index (χ2n) is 4.34. The van der Waals surface area contributed by atoms with Gasteiger partial charge in [0.25, 0.3) is 0 Å². The molecular weight excluding hydrogens is 382 g/mol. The largest absolute Gasteiger partial charge is 0.352 e. The van der Waals surface area contributed by atoms with E-state index in [9.17, 15) is 0 Å². The van der Waals surface area contributed by atoms with Gasteiger partial charge < -0.3 is 5.32 Å². The number of hydrogen-bond acceptors (Lipinski definition) is 3. The van der Waals surface area contributed by atoms with Crippen LogP contribution >= 0.6 is 31.9 Å². The Labute approximate surface area is 134 Å². The first-order chi connectivity index (χ1) is 9.76. The minimum atomic E-state index is 0.683. The molecule has 0 unspecified atom stereocenters. The van der Waals surface area contributed by atoms with Crippen LogP contribution in [0.3, 0.4) is 0 Å². The first-order valence-corrected chi connectivity index (χ1v) is 8.00. The van der Waals surface area contributed by atoms with E-state index in [4.69, 9.17) is 0 Å². The molecule has 0 spiro atoms. The van der Waals surface area contributed by atoms with Crippen molar-refractivity contribution in [3.8, 4) is 0 Å². The van der Waals surface area contributed by atoms with Crippen LogP contribution in [0.2, 0.25) is 0 Å². The molecule has 2 aliphatic rings. The SMILES string of the molecule is BrCC1=CC2=CC=C(c3ncc(Br)cn3)NC2=CC=C1. The van der Waals surface area contributed by atoms with E-state index < -0.39 is 0 Å². The predicted octanol–water partition coefficient (Wildman–Crippen LogP) is 3.88. The summed E-state index contributed by atoms with van der Waals surface area (Å²) in [5.74, 6) is 0.683. The van der Waals surface area contributed by atoms with Crippen molar-refractivity contribution in [1.29, 1.82) is 0 Å². The minimum absolute atomic E-state index is 0.683. The van der Waals surface area contributed by atoms with E-state index in [0.29, 0.717) is 5.82 Å². The Bertz CT molecular complexity index is 680. The molecule has 0 amide bonds. The fourth-order valence-electron chi connectivity index (χ4n) is 1.97.